The Kier molecular flexibility index (Phi) is 10.4. The first-order chi connectivity index (χ1) is 19.9. The highest BCUT2D eigenvalue weighted by molar-refractivity contribution is 6.29. The summed E-state index contributed by atoms with van der Waals surface area (Å²) in [5, 5.41) is 31.4. The standard InChI is InChI=1S/C32H47B3O8/c1-7-9-11-13-23(37)42-26-21(4)32(41)30(34,27(5,6)29(26,19-33)43-24(38)14-12-10-8-2)17-22(18-36)16-28(40)25(39)20(3)15-31(28,32)35/h15,17,21,26,36,40-41H,7-14,16,18-19H2,1-6H3/t21-,26?,28?,29-,30?,31+,32-/m1/s1. The molecule has 0 aliphatic heterocycles. The molecule has 6 radical (unpaired) electrons. The number of rotatable bonds is 12. The van der Waals surface area contributed by atoms with Crippen molar-refractivity contribution in [1.82, 2.24) is 0 Å². The molecule has 0 amide bonds. The average molecular weight is 592 g/mol. The minimum Gasteiger partial charge on any atom is -0.458 e. The third-order valence-corrected chi connectivity index (χ3v) is 10.7. The minimum absolute atomic E-state index is 0.0819. The fourth-order valence-corrected chi connectivity index (χ4v) is 7.98. The molecule has 11 heteroatoms. The Morgan fingerprint density at radius 3 is 2.05 bits per heavy atom. The van der Waals surface area contributed by atoms with Crippen molar-refractivity contribution in [3.8, 4) is 0 Å². The summed E-state index contributed by atoms with van der Waals surface area (Å²) in [5.74, 6) is -3.08. The molecule has 3 aliphatic rings. The predicted molar refractivity (Wildman–Crippen MR) is 166 cm³/mol. The van der Waals surface area contributed by atoms with Gasteiger partial charge in [0.1, 0.15) is 17.3 Å². The number of carbonyl (C=O) groups excluding carboxylic acids is 3. The van der Waals surface area contributed by atoms with E-state index in [4.69, 9.17) is 33.0 Å². The highest BCUT2D eigenvalue weighted by atomic mass is 16.6. The lowest BCUT2D eigenvalue weighted by molar-refractivity contribution is -0.281. The maximum absolute atomic E-state index is 13.5. The second-order valence-electron chi connectivity index (χ2n) is 13.5. The van der Waals surface area contributed by atoms with Crippen molar-refractivity contribution in [1.29, 1.82) is 0 Å². The van der Waals surface area contributed by atoms with Gasteiger partial charge in [0.2, 0.25) is 0 Å². The van der Waals surface area contributed by atoms with Gasteiger partial charge in [0, 0.05) is 35.9 Å². The molecule has 232 valence electrons. The number of Topliss-reactive ketones (excluding diaryl/α,β-unsaturated/α-hetero) is 1. The molecule has 0 aromatic rings. The number of aliphatic hydroxyl groups excluding tert-OH is 1. The SMILES string of the molecule is [B]C[C@@]1(OC(=O)CCCCC)C(OC(=O)CCCCC)[C@@H](C)[C@@]2(O)C([B])(C=C(CO)CC3(O)C(=O)C(C)=C[C@]32[B])C1(C)C. The van der Waals surface area contributed by atoms with E-state index < -0.39 is 75.6 Å². The number of fused-ring (bicyclic) bond motifs is 3. The van der Waals surface area contributed by atoms with Crippen LogP contribution in [-0.4, -0.2) is 86.1 Å². The van der Waals surface area contributed by atoms with Crippen molar-refractivity contribution in [2.45, 2.75) is 139 Å². The normalized spacial score (nSPS) is 38.3. The highest BCUT2D eigenvalue weighted by Gasteiger charge is 2.81. The van der Waals surface area contributed by atoms with Crippen LogP contribution in [0.4, 0.5) is 0 Å². The highest BCUT2D eigenvalue weighted by Crippen LogP contribution is 2.77. The summed E-state index contributed by atoms with van der Waals surface area (Å²) < 4.78 is 12.4. The van der Waals surface area contributed by atoms with Crippen molar-refractivity contribution in [3.05, 3.63) is 23.3 Å². The molecule has 1 saturated carbocycles. The Morgan fingerprint density at radius 2 is 1.53 bits per heavy atom. The quantitative estimate of drug-likeness (QED) is 0.136. The van der Waals surface area contributed by atoms with Crippen LogP contribution in [0, 0.1) is 11.3 Å². The molecule has 0 spiro atoms. The van der Waals surface area contributed by atoms with Gasteiger partial charge >= 0.3 is 11.9 Å². The second kappa shape index (κ2) is 12.5. The lowest BCUT2D eigenvalue weighted by Crippen LogP contribution is -2.79. The summed E-state index contributed by atoms with van der Waals surface area (Å²) in [6.45, 7) is 9.74. The summed E-state index contributed by atoms with van der Waals surface area (Å²) in [6, 6.07) is 0. The Labute approximate surface area is 260 Å². The molecular weight excluding hydrogens is 545 g/mol. The van der Waals surface area contributed by atoms with E-state index >= 15 is 0 Å². The smallest absolute Gasteiger partial charge is 0.306 e. The van der Waals surface area contributed by atoms with Crippen molar-refractivity contribution in [3.63, 3.8) is 0 Å². The van der Waals surface area contributed by atoms with Gasteiger partial charge in [0.25, 0.3) is 0 Å². The molecule has 3 rings (SSSR count). The van der Waals surface area contributed by atoms with Crippen molar-refractivity contribution in [2.24, 2.45) is 11.3 Å². The average Bonchev–Trinajstić information content (AvgIpc) is 3.09. The lowest BCUT2D eigenvalue weighted by atomic mass is 9.28. The molecule has 0 aromatic carbocycles. The third kappa shape index (κ3) is 5.00. The Hall–Kier alpha value is -1.84. The summed E-state index contributed by atoms with van der Waals surface area (Å²) in [7, 11) is 20.8. The molecule has 3 N–H and O–H groups in total. The fourth-order valence-electron chi connectivity index (χ4n) is 7.98. The van der Waals surface area contributed by atoms with Gasteiger partial charge < -0.3 is 24.8 Å². The van der Waals surface area contributed by atoms with Crippen LogP contribution in [0.15, 0.2) is 23.3 Å². The Balaban J connectivity index is 2.35. The minimum atomic E-state index is -2.38. The predicted octanol–water partition coefficient (Wildman–Crippen LogP) is 3.57. The molecule has 3 unspecified atom stereocenters. The van der Waals surface area contributed by atoms with Crippen LogP contribution in [-0.2, 0) is 23.9 Å². The van der Waals surface area contributed by atoms with Gasteiger partial charge in [-0.2, -0.15) is 0 Å². The molecule has 8 nitrogen and oxygen atoms in total. The fraction of sp³-hybridized carbons (Fsp3) is 0.781. The van der Waals surface area contributed by atoms with E-state index in [9.17, 15) is 29.7 Å². The number of ketones is 1. The number of hydrogen-bond donors (Lipinski definition) is 3. The van der Waals surface area contributed by atoms with E-state index in [1.54, 1.807) is 20.8 Å². The van der Waals surface area contributed by atoms with E-state index in [-0.39, 0.29) is 30.3 Å². The Morgan fingerprint density at radius 1 is 0.977 bits per heavy atom. The molecular formula is C32H47B3O8. The summed E-state index contributed by atoms with van der Waals surface area (Å²) in [4.78, 5) is 40.2. The number of carbonyl (C=O) groups is 3. The maximum Gasteiger partial charge on any atom is 0.306 e. The van der Waals surface area contributed by atoms with Crippen LogP contribution in [0.1, 0.15) is 99.3 Å². The van der Waals surface area contributed by atoms with E-state index in [1.165, 1.54) is 19.1 Å². The van der Waals surface area contributed by atoms with Gasteiger partial charge in [0.15, 0.2) is 5.78 Å². The first kappa shape index (κ1) is 35.6. The first-order valence-electron chi connectivity index (χ1n) is 15.6. The van der Waals surface area contributed by atoms with Crippen LogP contribution in [0.2, 0.25) is 16.9 Å². The molecule has 3 aliphatic carbocycles. The van der Waals surface area contributed by atoms with Gasteiger partial charge in [-0.3, -0.25) is 14.4 Å². The zero-order valence-corrected chi connectivity index (χ0v) is 26.7. The maximum atomic E-state index is 13.5. The summed E-state index contributed by atoms with van der Waals surface area (Å²) >= 11 is 0. The van der Waals surface area contributed by atoms with Crippen LogP contribution < -0.4 is 0 Å². The van der Waals surface area contributed by atoms with Crippen LogP contribution in [0.25, 0.3) is 0 Å². The summed E-state index contributed by atoms with van der Waals surface area (Å²) in [5.41, 5.74) is -7.78. The van der Waals surface area contributed by atoms with Gasteiger partial charge in [-0.1, -0.05) is 72.5 Å². The van der Waals surface area contributed by atoms with Crippen molar-refractivity contribution < 1.29 is 39.2 Å². The van der Waals surface area contributed by atoms with Crippen LogP contribution >= 0.6 is 0 Å². The number of aliphatic hydroxyl groups is 3. The van der Waals surface area contributed by atoms with Gasteiger partial charge in [0.05, 0.1) is 35.7 Å². The molecule has 0 heterocycles. The van der Waals surface area contributed by atoms with Gasteiger partial charge in [-0.15, -0.1) is 0 Å². The second-order valence-corrected chi connectivity index (χ2v) is 13.5. The topological polar surface area (TPSA) is 130 Å². The zero-order valence-electron chi connectivity index (χ0n) is 26.7. The van der Waals surface area contributed by atoms with Gasteiger partial charge in [-0.25, -0.2) is 0 Å². The van der Waals surface area contributed by atoms with Crippen molar-refractivity contribution >= 4 is 41.3 Å². The van der Waals surface area contributed by atoms with Gasteiger partial charge in [-0.05, 0) is 42.5 Å². The number of esters is 2. The lowest BCUT2D eigenvalue weighted by Gasteiger charge is -2.72. The molecule has 0 saturated heterocycles. The molecule has 43 heavy (non-hydrogen) atoms. The first-order valence-corrected chi connectivity index (χ1v) is 15.6. The van der Waals surface area contributed by atoms with E-state index in [1.807, 2.05) is 13.8 Å². The molecule has 0 bridgehead atoms. The van der Waals surface area contributed by atoms with E-state index in [0.717, 1.165) is 25.7 Å². The van der Waals surface area contributed by atoms with E-state index in [2.05, 4.69) is 0 Å². The molecule has 7 atom stereocenters. The largest absolute Gasteiger partial charge is 0.458 e. The van der Waals surface area contributed by atoms with Crippen LogP contribution in [0.5, 0.6) is 0 Å². The number of hydrogen-bond acceptors (Lipinski definition) is 8. The third-order valence-electron chi connectivity index (χ3n) is 10.7. The summed E-state index contributed by atoms with van der Waals surface area (Å²) in [6.07, 6.45) is 5.34. The number of ether oxygens (including phenoxy) is 2. The van der Waals surface area contributed by atoms with E-state index in [0.29, 0.717) is 12.8 Å². The zero-order chi connectivity index (χ0) is 32.6. The molecule has 0 aromatic heterocycles. The monoisotopic (exact) mass is 592 g/mol. The molecule has 1 fully saturated rings. The number of unbranched alkanes of at least 4 members (excludes halogenated alkanes) is 4. The Bertz CT molecular complexity index is 1170. The van der Waals surface area contributed by atoms with Crippen LogP contribution in [0.3, 0.4) is 0 Å². The van der Waals surface area contributed by atoms with Crippen molar-refractivity contribution in [2.75, 3.05) is 6.61 Å².